The summed E-state index contributed by atoms with van der Waals surface area (Å²) >= 11 is 11.9. The van der Waals surface area contributed by atoms with Crippen molar-refractivity contribution in [2.75, 3.05) is 27.2 Å². The van der Waals surface area contributed by atoms with Gasteiger partial charge in [0.1, 0.15) is 0 Å². The zero-order valence-electron chi connectivity index (χ0n) is 10.7. The molecule has 5 heteroatoms. The largest absolute Gasteiger partial charge is 0.349 e. The first kappa shape index (κ1) is 15.3. The van der Waals surface area contributed by atoms with Crippen LogP contribution in [0.3, 0.4) is 0 Å². The Morgan fingerprint density at radius 1 is 1.28 bits per heavy atom. The number of amides is 1. The number of nitrogens with zero attached hydrogens (tertiary/aromatic N) is 1. The van der Waals surface area contributed by atoms with Gasteiger partial charge in [0.15, 0.2) is 0 Å². The van der Waals surface area contributed by atoms with Gasteiger partial charge in [-0.15, -0.1) is 0 Å². The van der Waals surface area contributed by atoms with Crippen LogP contribution >= 0.6 is 23.2 Å². The minimum atomic E-state index is 0.132. The molecule has 0 aliphatic carbocycles. The number of hydrogen-bond donors (Lipinski definition) is 1. The van der Waals surface area contributed by atoms with E-state index in [0.717, 1.165) is 18.5 Å². The Balaban J connectivity index is 2.24. The van der Waals surface area contributed by atoms with E-state index in [-0.39, 0.29) is 5.91 Å². The van der Waals surface area contributed by atoms with Crippen LogP contribution < -0.4 is 5.32 Å². The zero-order valence-corrected chi connectivity index (χ0v) is 12.2. The summed E-state index contributed by atoms with van der Waals surface area (Å²) in [4.78, 5) is 12.9. The van der Waals surface area contributed by atoms with E-state index < -0.39 is 0 Å². The smallest absolute Gasteiger partial charge is 0.223 e. The average molecular weight is 289 g/mol. The number of carbonyl (C=O) groups excluding carboxylic acids is 1. The molecule has 0 heterocycles. The molecular formula is C13H18Cl2N2O. The van der Waals surface area contributed by atoms with Gasteiger partial charge in [0.05, 0.1) is 0 Å². The van der Waals surface area contributed by atoms with Gasteiger partial charge in [-0.05, 0) is 30.7 Å². The molecule has 0 spiro atoms. The zero-order chi connectivity index (χ0) is 13.5. The van der Waals surface area contributed by atoms with Crippen molar-refractivity contribution in [3.63, 3.8) is 0 Å². The van der Waals surface area contributed by atoms with E-state index in [4.69, 9.17) is 23.2 Å². The number of benzene rings is 1. The summed E-state index contributed by atoms with van der Waals surface area (Å²) < 4.78 is 0. The maximum atomic E-state index is 11.3. The molecule has 0 fully saturated rings. The SMILES string of the molecule is CN(C)C(=O)CCNCCc1ccc(Cl)cc1Cl. The fourth-order valence-corrected chi connectivity index (χ4v) is 1.99. The first-order chi connectivity index (χ1) is 8.50. The lowest BCUT2D eigenvalue weighted by Gasteiger charge is -2.10. The second kappa shape index (κ2) is 7.62. The Labute approximate surface area is 118 Å². The normalized spacial score (nSPS) is 10.4. The molecule has 0 saturated carbocycles. The molecule has 0 aliphatic rings. The standard InChI is InChI=1S/C13H18Cl2N2O/c1-17(2)13(18)6-8-16-7-5-10-3-4-11(14)9-12(10)15/h3-4,9,16H,5-8H2,1-2H3. The molecule has 3 nitrogen and oxygen atoms in total. The molecule has 1 rings (SSSR count). The van der Waals surface area contributed by atoms with Crippen molar-refractivity contribution in [3.05, 3.63) is 33.8 Å². The van der Waals surface area contributed by atoms with Crippen LogP contribution in [0.5, 0.6) is 0 Å². The van der Waals surface area contributed by atoms with Gasteiger partial charge in [0, 0.05) is 37.1 Å². The van der Waals surface area contributed by atoms with E-state index in [1.54, 1.807) is 25.1 Å². The summed E-state index contributed by atoms with van der Waals surface area (Å²) in [5.74, 6) is 0.132. The summed E-state index contributed by atoms with van der Waals surface area (Å²) in [6, 6.07) is 5.50. The summed E-state index contributed by atoms with van der Waals surface area (Å²) in [5.41, 5.74) is 1.06. The van der Waals surface area contributed by atoms with Crippen molar-refractivity contribution >= 4 is 29.1 Å². The molecule has 1 aromatic rings. The van der Waals surface area contributed by atoms with E-state index in [1.165, 1.54) is 0 Å². The van der Waals surface area contributed by atoms with Gasteiger partial charge < -0.3 is 10.2 Å². The van der Waals surface area contributed by atoms with Crippen LogP contribution in [0.4, 0.5) is 0 Å². The minimum Gasteiger partial charge on any atom is -0.349 e. The molecule has 0 saturated heterocycles. The van der Waals surface area contributed by atoms with Gasteiger partial charge in [-0.3, -0.25) is 4.79 Å². The quantitative estimate of drug-likeness (QED) is 0.816. The molecule has 0 radical (unpaired) electrons. The monoisotopic (exact) mass is 288 g/mol. The molecular weight excluding hydrogens is 271 g/mol. The first-order valence-electron chi connectivity index (χ1n) is 5.85. The second-order valence-electron chi connectivity index (χ2n) is 4.27. The molecule has 1 amide bonds. The third-order valence-electron chi connectivity index (χ3n) is 2.60. The first-order valence-corrected chi connectivity index (χ1v) is 6.61. The van der Waals surface area contributed by atoms with Crippen LogP contribution in [0.1, 0.15) is 12.0 Å². The van der Waals surface area contributed by atoms with E-state index >= 15 is 0 Å². The Bertz CT molecular complexity index is 408. The van der Waals surface area contributed by atoms with Crippen molar-refractivity contribution < 1.29 is 4.79 Å². The number of nitrogens with one attached hydrogen (secondary N) is 1. The molecule has 0 aliphatic heterocycles. The van der Waals surface area contributed by atoms with E-state index in [9.17, 15) is 4.79 Å². The molecule has 100 valence electrons. The van der Waals surface area contributed by atoms with E-state index in [2.05, 4.69) is 5.32 Å². The highest BCUT2D eigenvalue weighted by molar-refractivity contribution is 6.35. The van der Waals surface area contributed by atoms with Gasteiger partial charge >= 0.3 is 0 Å². The highest BCUT2D eigenvalue weighted by Crippen LogP contribution is 2.20. The minimum absolute atomic E-state index is 0.132. The van der Waals surface area contributed by atoms with Crippen LogP contribution in [0, 0.1) is 0 Å². The topological polar surface area (TPSA) is 32.3 Å². The Morgan fingerprint density at radius 2 is 2.00 bits per heavy atom. The van der Waals surface area contributed by atoms with Crippen molar-refractivity contribution in [1.29, 1.82) is 0 Å². The number of carbonyl (C=O) groups is 1. The Kier molecular flexibility index (Phi) is 6.47. The van der Waals surface area contributed by atoms with Gasteiger partial charge in [0.25, 0.3) is 0 Å². The van der Waals surface area contributed by atoms with Crippen molar-refractivity contribution in [1.82, 2.24) is 10.2 Å². The second-order valence-corrected chi connectivity index (χ2v) is 5.12. The van der Waals surface area contributed by atoms with Crippen LogP contribution in [0.25, 0.3) is 0 Å². The summed E-state index contributed by atoms with van der Waals surface area (Å²) in [6.07, 6.45) is 1.34. The van der Waals surface area contributed by atoms with Gasteiger partial charge in [-0.1, -0.05) is 29.3 Å². The lowest BCUT2D eigenvalue weighted by molar-refractivity contribution is -0.128. The number of rotatable bonds is 6. The highest BCUT2D eigenvalue weighted by atomic mass is 35.5. The molecule has 1 aromatic carbocycles. The maximum Gasteiger partial charge on any atom is 0.223 e. The van der Waals surface area contributed by atoms with Crippen molar-refractivity contribution in [3.8, 4) is 0 Å². The highest BCUT2D eigenvalue weighted by Gasteiger charge is 2.03. The number of hydrogen-bond acceptors (Lipinski definition) is 2. The molecule has 18 heavy (non-hydrogen) atoms. The molecule has 0 unspecified atom stereocenters. The van der Waals surface area contributed by atoms with Gasteiger partial charge in [0.2, 0.25) is 5.91 Å². The predicted molar refractivity (Wildman–Crippen MR) is 76.3 cm³/mol. The summed E-state index contributed by atoms with van der Waals surface area (Å²) in [6.45, 7) is 1.48. The number of halogens is 2. The predicted octanol–water partition coefficient (Wildman–Crippen LogP) is 2.60. The van der Waals surface area contributed by atoms with Crippen LogP contribution in [0.2, 0.25) is 10.0 Å². The molecule has 0 aromatic heterocycles. The molecule has 1 N–H and O–H groups in total. The van der Waals surface area contributed by atoms with Crippen LogP contribution in [0.15, 0.2) is 18.2 Å². The lowest BCUT2D eigenvalue weighted by Crippen LogP contribution is -2.27. The third kappa shape index (κ3) is 5.25. The van der Waals surface area contributed by atoms with Crippen LogP contribution in [-0.4, -0.2) is 38.0 Å². The Hall–Kier alpha value is -0.770. The van der Waals surface area contributed by atoms with E-state index in [1.807, 2.05) is 12.1 Å². The van der Waals surface area contributed by atoms with Crippen LogP contribution in [-0.2, 0) is 11.2 Å². The van der Waals surface area contributed by atoms with Crippen molar-refractivity contribution in [2.24, 2.45) is 0 Å². The fourth-order valence-electron chi connectivity index (χ4n) is 1.49. The summed E-state index contributed by atoms with van der Waals surface area (Å²) in [7, 11) is 3.52. The Morgan fingerprint density at radius 3 is 2.61 bits per heavy atom. The fraction of sp³-hybridized carbons (Fsp3) is 0.462. The lowest BCUT2D eigenvalue weighted by atomic mass is 10.1. The maximum absolute atomic E-state index is 11.3. The van der Waals surface area contributed by atoms with Crippen molar-refractivity contribution in [2.45, 2.75) is 12.8 Å². The van der Waals surface area contributed by atoms with E-state index in [0.29, 0.717) is 23.0 Å². The molecule has 0 atom stereocenters. The molecule has 0 bridgehead atoms. The average Bonchev–Trinajstić information content (AvgIpc) is 2.30. The van der Waals surface area contributed by atoms with Gasteiger partial charge in [-0.25, -0.2) is 0 Å². The van der Waals surface area contributed by atoms with Gasteiger partial charge in [-0.2, -0.15) is 0 Å². The summed E-state index contributed by atoms with van der Waals surface area (Å²) in [5, 5.41) is 4.56. The third-order valence-corrected chi connectivity index (χ3v) is 3.19.